The van der Waals surface area contributed by atoms with Crippen LogP contribution in [0.4, 0.5) is 9.18 Å². The van der Waals surface area contributed by atoms with E-state index in [-0.39, 0.29) is 17.9 Å². The van der Waals surface area contributed by atoms with Crippen molar-refractivity contribution < 1.29 is 9.18 Å². The topological polar surface area (TPSA) is 32.3 Å². The molecule has 1 heterocycles. The number of carbonyl (C=O) groups is 1. The first-order valence-corrected chi connectivity index (χ1v) is 7.81. The summed E-state index contributed by atoms with van der Waals surface area (Å²) in [7, 11) is 0. The lowest BCUT2D eigenvalue weighted by Crippen LogP contribution is -2.40. The molecule has 0 fully saturated rings. The Hall–Kier alpha value is -1.88. The van der Waals surface area contributed by atoms with Gasteiger partial charge in [0, 0.05) is 18.0 Å². The van der Waals surface area contributed by atoms with Gasteiger partial charge in [-0.2, -0.15) is 0 Å². The summed E-state index contributed by atoms with van der Waals surface area (Å²) in [6, 6.07) is 10.1. The minimum absolute atomic E-state index is 0.0286. The molecule has 3 nitrogen and oxygen atoms in total. The number of hydrogen-bond donors (Lipinski definition) is 1. The minimum atomic E-state index is -0.282. The van der Waals surface area contributed by atoms with Crippen molar-refractivity contribution in [3.8, 4) is 0 Å². The molecule has 1 N–H and O–H groups in total. The van der Waals surface area contributed by atoms with E-state index in [2.05, 4.69) is 5.32 Å². The van der Waals surface area contributed by atoms with Gasteiger partial charge in [-0.25, -0.2) is 9.18 Å². The molecule has 1 atom stereocenters. The molecule has 2 rings (SSSR count). The average Bonchev–Trinajstić information content (AvgIpc) is 2.99. The molecule has 1 aromatic heterocycles. The van der Waals surface area contributed by atoms with Gasteiger partial charge in [-0.05, 0) is 43.0 Å². The third-order valence-electron chi connectivity index (χ3n) is 3.24. The molecule has 0 unspecified atom stereocenters. The van der Waals surface area contributed by atoms with Gasteiger partial charge >= 0.3 is 6.03 Å². The predicted octanol–water partition coefficient (Wildman–Crippen LogP) is 4.18. The standard InChI is InChI=1S/C16H19FN2OS/c1-3-19(11-13-6-4-7-14(17)10-13)16(20)18-12(2)15-8-5-9-21-15/h4-10,12H,3,11H2,1-2H3,(H,18,20)/t12-/m0/s1. The Labute approximate surface area is 128 Å². The SMILES string of the molecule is CCN(Cc1cccc(F)c1)C(=O)N[C@@H](C)c1cccs1. The van der Waals surface area contributed by atoms with Gasteiger partial charge in [0.15, 0.2) is 0 Å². The second-order valence-electron chi connectivity index (χ2n) is 4.83. The highest BCUT2D eigenvalue weighted by molar-refractivity contribution is 7.10. The fourth-order valence-corrected chi connectivity index (χ4v) is 2.80. The fraction of sp³-hybridized carbons (Fsp3) is 0.312. The van der Waals surface area contributed by atoms with Crippen molar-refractivity contribution in [2.75, 3.05) is 6.54 Å². The largest absolute Gasteiger partial charge is 0.331 e. The second-order valence-corrected chi connectivity index (χ2v) is 5.81. The molecule has 21 heavy (non-hydrogen) atoms. The molecule has 2 aromatic rings. The maximum atomic E-state index is 13.2. The number of nitrogens with zero attached hydrogens (tertiary/aromatic N) is 1. The normalized spacial score (nSPS) is 12.0. The van der Waals surface area contributed by atoms with E-state index in [1.54, 1.807) is 22.3 Å². The predicted molar refractivity (Wildman–Crippen MR) is 83.7 cm³/mol. The van der Waals surface area contributed by atoms with Crippen LogP contribution in [0.3, 0.4) is 0 Å². The Balaban J connectivity index is 1.98. The van der Waals surface area contributed by atoms with Crippen molar-refractivity contribution in [3.63, 3.8) is 0 Å². The third kappa shape index (κ3) is 4.29. The number of amides is 2. The Morgan fingerprint density at radius 2 is 2.19 bits per heavy atom. The van der Waals surface area contributed by atoms with Crippen LogP contribution in [0.25, 0.3) is 0 Å². The van der Waals surface area contributed by atoms with Crippen molar-refractivity contribution in [1.82, 2.24) is 10.2 Å². The molecule has 0 aliphatic heterocycles. The van der Waals surface area contributed by atoms with Crippen LogP contribution in [-0.2, 0) is 6.54 Å². The summed E-state index contributed by atoms with van der Waals surface area (Å²) in [4.78, 5) is 15.1. The molecular formula is C16H19FN2OS. The van der Waals surface area contributed by atoms with Gasteiger partial charge in [0.2, 0.25) is 0 Å². The highest BCUT2D eigenvalue weighted by Gasteiger charge is 2.16. The number of nitrogens with one attached hydrogen (secondary N) is 1. The fourth-order valence-electron chi connectivity index (χ4n) is 2.07. The lowest BCUT2D eigenvalue weighted by atomic mass is 10.2. The molecule has 0 aliphatic carbocycles. The molecular weight excluding hydrogens is 287 g/mol. The Bertz CT molecular complexity index is 586. The van der Waals surface area contributed by atoms with Crippen LogP contribution in [0.1, 0.15) is 30.3 Å². The Morgan fingerprint density at radius 3 is 2.81 bits per heavy atom. The highest BCUT2D eigenvalue weighted by Crippen LogP contribution is 2.18. The van der Waals surface area contributed by atoms with Crippen LogP contribution in [0.5, 0.6) is 0 Å². The van der Waals surface area contributed by atoms with E-state index in [0.29, 0.717) is 13.1 Å². The van der Waals surface area contributed by atoms with Crippen LogP contribution in [-0.4, -0.2) is 17.5 Å². The van der Waals surface area contributed by atoms with E-state index < -0.39 is 0 Å². The Kier molecular flexibility index (Phi) is 5.33. The first kappa shape index (κ1) is 15.5. The summed E-state index contributed by atoms with van der Waals surface area (Å²) in [6.07, 6.45) is 0. The van der Waals surface area contributed by atoms with Crippen molar-refractivity contribution in [1.29, 1.82) is 0 Å². The first-order valence-electron chi connectivity index (χ1n) is 6.93. The Morgan fingerprint density at radius 1 is 1.38 bits per heavy atom. The van der Waals surface area contributed by atoms with E-state index in [1.165, 1.54) is 12.1 Å². The van der Waals surface area contributed by atoms with Crippen LogP contribution in [0.15, 0.2) is 41.8 Å². The van der Waals surface area contributed by atoms with Gasteiger partial charge in [0.25, 0.3) is 0 Å². The zero-order valence-corrected chi connectivity index (χ0v) is 13.0. The summed E-state index contributed by atoms with van der Waals surface area (Å²) in [5.74, 6) is -0.282. The van der Waals surface area contributed by atoms with Gasteiger partial charge in [-0.1, -0.05) is 18.2 Å². The van der Waals surface area contributed by atoms with E-state index in [4.69, 9.17) is 0 Å². The monoisotopic (exact) mass is 306 g/mol. The van der Waals surface area contributed by atoms with Crippen LogP contribution in [0.2, 0.25) is 0 Å². The molecule has 0 saturated carbocycles. The zero-order chi connectivity index (χ0) is 15.2. The molecule has 0 spiro atoms. The summed E-state index contributed by atoms with van der Waals surface area (Å²) >= 11 is 1.62. The lowest BCUT2D eigenvalue weighted by molar-refractivity contribution is 0.195. The molecule has 5 heteroatoms. The molecule has 112 valence electrons. The van der Waals surface area contributed by atoms with Crippen molar-refractivity contribution in [3.05, 3.63) is 58.0 Å². The quantitative estimate of drug-likeness (QED) is 0.883. The number of carbonyl (C=O) groups excluding carboxylic acids is 1. The average molecular weight is 306 g/mol. The van der Waals surface area contributed by atoms with Gasteiger partial charge in [-0.15, -0.1) is 11.3 Å². The molecule has 0 radical (unpaired) electrons. The summed E-state index contributed by atoms with van der Waals surface area (Å²) < 4.78 is 13.2. The van der Waals surface area contributed by atoms with Gasteiger partial charge < -0.3 is 10.2 Å². The smallest absolute Gasteiger partial charge is 0.318 e. The van der Waals surface area contributed by atoms with E-state index in [0.717, 1.165) is 10.4 Å². The van der Waals surface area contributed by atoms with Gasteiger partial charge in [0.05, 0.1) is 6.04 Å². The van der Waals surface area contributed by atoms with Crippen LogP contribution >= 0.6 is 11.3 Å². The number of urea groups is 1. The summed E-state index contributed by atoms with van der Waals surface area (Å²) in [5, 5.41) is 4.96. The number of halogens is 1. The summed E-state index contributed by atoms with van der Waals surface area (Å²) in [6.45, 7) is 4.84. The summed E-state index contributed by atoms with van der Waals surface area (Å²) in [5.41, 5.74) is 0.788. The van der Waals surface area contributed by atoms with E-state index in [9.17, 15) is 9.18 Å². The number of benzene rings is 1. The molecule has 1 aromatic carbocycles. The molecule has 0 aliphatic rings. The number of thiophene rings is 1. The maximum Gasteiger partial charge on any atom is 0.318 e. The molecule has 2 amide bonds. The highest BCUT2D eigenvalue weighted by atomic mass is 32.1. The number of rotatable bonds is 5. The maximum absolute atomic E-state index is 13.2. The van der Waals surface area contributed by atoms with Crippen molar-refractivity contribution >= 4 is 17.4 Å². The minimum Gasteiger partial charge on any atom is -0.331 e. The third-order valence-corrected chi connectivity index (χ3v) is 4.30. The van der Waals surface area contributed by atoms with Gasteiger partial charge in [0.1, 0.15) is 5.82 Å². The lowest BCUT2D eigenvalue weighted by Gasteiger charge is -2.23. The first-order chi connectivity index (χ1) is 10.1. The zero-order valence-electron chi connectivity index (χ0n) is 12.2. The van der Waals surface area contributed by atoms with Gasteiger partial charge in [-0.3, -0.25) is 0 Å². The van der Waals surface area contributed by atoms with Crippen LogP contribution < -0.4 is 5.32 Å². The number of hydrogen-bond acceptors (Lipinski definition) is 2. The van der Waals surface area contributed by atoms with Crippen molar-refractivity contribution in [2.24, 2.45) is 0 Å². The van der Waals surface area contributed by atoms with E-state index in [1.807, 2.05) is 37.4 Å². The molecule has 0 bridgehead atoms. The van der Waals surface area contributed by atoms with Crippen molar-refractivity contribution in [2.45, 2.75) is 26.4 Å². The molecule has 0 saturated heterocycles. The van der Waals surface area contributed by atoms with E-state index >= 15 is 0 Å². The van der Waals surface area contributed by atoms with Crippen LogP contribution in [0, 0.1) is 5.82 Å². The second kappa shape index (κ2) is 7.22.